The second-order valence-corrected chi connectivity index (χ2v) is 5.76. The number of rotatable bonds is 3. The van der Waals surface area contributed by atoms with E-state index in [1.165, 1.54) is 13.8 Å². The van der Waals surface area contributed by atoms with Gasteiger partial charge in [0.1, 0.15) is 17.8 Å². The van der Waals surface area contributed by atoms with Crippen molar-refractivity contribution in [2.24, 2.45) is 0 Å². The fraction of sp³-hybridized carbons (Fsp3) is 0.263. The van der Waals surface area contributed by atoms with Gasteiger partial charge < -0.3 is 19.3 Å². The highest BCUT2D eigenvalue weighted by Crippen LogP contribution is 2.50. The first-order valence-electron chi connectivity index (χ1n) is 7.83. The Balaban J connectivity index is 2.20. The highest BCUT2D eigenvalue weighted by Gasteiger charge is 2.57. The Hall–Kier alpha value is -2.86. The molecule has 1 aliphatic rings. The molecule has 1 heterocycles. The molecule has 0 aromatic heterocycles. The lowest BCUT2D eigenvalue weighted by Gasteiger charge is -2.43. The largest absolute Gasteiger partial charge is 0.431 e. The topological polar surface area (TPSA) is 82.1 Å². The second-order valence-electron chi connectivity index (χ2n) is 5.76. The van der Waals surface area contributed by atoms with Crippen LogP contribution in [0.1, 0.15) is 37.0 Å². The van der Waals surface area contributed by atoms with Gasteiger partial charge >= 0.3 is 17.9 Å². The molecular weight excluding hydrogens is 324 g/mol. The van der Waals surface area contributed by atoms with Crippen LogP contribution in [-0.4, -0.2) is 23.0 Å². The predicted octanol–water partition coefficient (Wildman–Crippen LogP) is 2.68. The molecule has 0 radical (unpaired) electrons. The normalized spacial score (nSPS) is 20.8. The number of fused-ring (bicyclic) bond motifs is 1. The van der Waals surface area contributed by atoms with E-state index in [4.69, 9.17) is 14.2 Å². The van der Waals surface area contributed by atoms with Gasteiger partial charge in [-0.15, -0.1) is 0 Å². The minimum atomic E-state index is -2.09. The van der Waals surface area contributed by atoms with E-state index in [0.717, 1.165) is 0 Å². The SMILES string of the molecule is CC(=O)OC1(OC(C)=O)Oc2ccccc2C(O)C1c1ccccc1. The molecule has 0 saturated carbocycles. The monoisotopic (exact) mass is 342 g/mol. The third kappa shape index (κ3) is 3.21. The van der Waals surface area contributed by atoms with E-state index in [1.807, 2.05) is 6.07 Å². The summed E-state index contributed by atoms with van der Waals surface area (Å²) in [6.45, 7) is 2.37. The van der Waals surface area contributed by atoms with Crippen molar-refractivity contribution in [3.05, 3.63) is 65.7 Å². The molecule has 0 amide bonds. The van der Waals surface area contributed by atoms with Crippen molar-refractivity contribution in [3.63, 3.8) is 0 Å². The van der Waals surface area contributed by atoms with Gasteiger partial charge in [-0.2, -0.15) is 0 Å². The molecule has 2 unspecified atom stereocenters. The molecule has 2 aromatic rings. The smallest absolute Gasteiger partial charge is 0.420 e. The number of carbonyl (C=O) groups excluding carboxylic acids is 2. The van der Waals surface area contributed by atoms with Gasteiger partial charge in [0, 0.05) is 19.4 Å². The van der Waals surface area contributed by atoms with E-state index < -0.39 is 29.9 Å². The van der Waals surface area contributed by atoms with Crippen LogP contribution in [0.15, 0.2) is 54.6 Å². The van der Waals surface area contributed by atoms with Gasteiger partial charge in [-0.3, -0.25) is 9.59 Å². The summed E-state index contributed by atoms with van der Waals surface area (Å²) in [5, 5.41) is 11.0. The van der Waals surface area contributed by atoms with Crippen molar-refractivity contribution >= 4 is 11.9 Å². The lowest BCUT2D eigenvalue weighted by Crippen LogP contribution is -2.54. The number of aliphatic hydroxyl groups excluding tert-OH is 1. The van der Waals surface area contributed by atoms with Crippen LogP contribution < -0.4 is 4.74 Å². The Labute approximate surface area is 144 Å². The van der Waals surface area contributed by atoms with Gasteiger partial charge in [-0.05, 0) is 11.6 Å². The van der Waals surface area contributed by atoms with Crippen molar-refractivity contribution < 1.29 is 28.9 Å². The van der Waals surface area contributed by atoms with Gasteiger partial charge in [-0.1, -0.05) is 48.5 Å². The molecule has 6 heteroatoms. The number of benzene rings is 2. The van der Waals surface area contributed by atoms with Crippen LogP contribution in [-0.2, 0) is 19.1 Å². The van der Waals surface area contributed by atoms with Gasteiger partial charge in [0.05, 0.1) is 0 Å². The molecule has 0 bridgehead atoms. The number of aliphatic hydroxyl groups is 1. The van der Waals surface area contributed by atoms with Crippen molar-refractivity contribution in [1.29, 1.82) is 0 Å². The summed E-state index contributed by atoms with van der Waals surface area (Å²) in [6, 6.07) is 15.6. The molecule has 1 N–H and O–H groups in total. The van der Waals surface area contributed by atoms with E-state index in [1.54, 1.807) is 48.5 Å². The van der Waals surface area contributed by atoms with Crippen molar-refractivity contribution in [2.45, 2.75) is 31.8 Å². The number of ether oxygens (including phenoxy) is 3. The maximum atomic E-state index is 11.7. The van der Waals surface area contributed by atoms with E-state index >= 15 is 0 Å². The van der Waals surface area contributed by atoms with Crippen molar-refractivity contribution in [1.82, 2.24) is 0 Å². The fourth-order valence-electron chi connectivity index (χ4n) is 3.04. The average molecular weight is 342 g/mol. The van der Waals surface area contributed by atoms with Gasteiger partial charge in [-0.25, -0.2) is 0 Å². The molecule has 6 nitrogen and oxygen atoms in total. The minimum Gasteiger partial charge on any atom is -0.420 e. The molecule has 25 heavy (non-hydrogen) atoms. The first kappa shape index (κ1) is 17.0. The Kier molecular flexibility index (Phi) is 4.46. The van der Waals surface area contributed by atoms with E-state index in [9.17, 15) is 14.7 Å². The standard InChI is InChI=1S/C19H18O6/c1-12(20)23-19(24-13(2)21)17(14-8-4-3-5-9-14)18(22)15-10-6-7-11-16(15)25-19/h3-11,17-18,22H,1-2H3. The maximum Gasteiger partial charge on any atom is 0.431 e. The highest BCUT2D eigenvalue weighted by atomic mass is 16.9. The van der Waals surface area contributed by atoms with Crippen LogP contribution in [0.2, 0.25) is 0 Å². The summed E-state index contributed by atoms with van der Waals surface area (Å²) in [5.41, 5.74) is 1.12. The Morgan fingerprint density at radius 1 is 0.960 bits per heavy atom. The Morgan fingerprint density at radius 3 is 2.12 bits per heavy atom. The zero-order chi connectivity index (χ0) is 18.0. The van der Waals surface area contributed by atoms with Crippen LogP contribution in [0.25, 0.3) is 0 Å². The van der Waals surface area contributed by atoms with E-state index in [-0.39, 0.29) is 5.75 Å². The maximum absolute atomic E-state index is 11.7. The summed E-state index contributed by atoms with van der Waals surface area (Å²) in [6.07, 6.45) is -1.11. The Bertz CT molecular complexity index is 770. The third-order valence-electron chi connectivity index (χ3n) is 3.92. The molecule has 1 aliphatic heterocycles. The molecule has 130 valence electrons. The first-order valence-corrected chi connectivity index (χ1v) is 7.83. The van der Waals surface area contributed by atoms with Crippen molar-refractivity contribution in [2.75, 3.05) is 0 Å². The van der Waals surface area contributed by atoms with Crippen LogP contribution in [0.4, 0.5) is 0 Å². The zero-order valence-electron chi connectivity index (χ0n) is 13.8. The fourth-order valence-corrected chi connectivity index (χ4v) is 3.04. The van der Waals surface area contributed by atoms with Crippen molar-refractivity contribution in [3.8, 4) is 5.75 Å². The van der Waals surface area contributed by atoms with Gasteiger partial charge in [0.25, 0.3) is 0 Å². The summed E-state index contributed by atoms with van der Waals surface area (Å²) in [7, 11) is 0. The van der Waals surface area contributed by atoms with Crippen LogP contribution in [0.3, 0.4) is 0 Å². The average Bonchev–Trinajstić information content (AvgIpc) is 2.54. The number of esters is 2. The molecule has 0 aliphatic carbocycles. The number of hydrogen-bond donors (Lipinski definition) is 1. The lowest BCUT2D eigenvalue weighted by molar-refractivity contribution is -0.334. The molecule has 3 rings (SSSR count). The third-order valence-corrected chi connectivity index (χ3v) is 3.92. The minimum absolute atomic E-state index is 0.282. The zero-order valence-corrected chi connectivity index (χ0v) is 13.8. The predicted molar refractivity (Wildman–Crippen MR) is 87.5 cm³/mol. The van der Waals surface area contributed by atoms with Gasteiger partial charge in [0.2, 0.25) is 0 Å². The molecule has 2 aromatic carbocycles. The summed E-state index contributed by atoms with van der Waals surface area (Å²) < 4.78 is 16.5. The molecule has 0 saturated heterocycles. The number of hydrogen-bond acceptors (Lipinski definition) is 6. The second kappa shape index (κ2) is 6.57. The molecule has 2 atom stereocenters. The summed E-state index contributed by atoms with van der Waals surface area (Å²) in [5.74, 6) is -4.16. The number of para-hydroxylation sites is 1. The Morgan fingerprint density at radius 2 is 1.52 bits per heavy atom. The van der Waals surface area contributed by atoms with E-state index in [0.29, 0.717) is 11.1 Å². The molecule has 0 fully saturated rings. The molecular formula is C19H18O6. The molecule has 0 spiro atoms. The lowest BCUT2D eigenvalue weighted by atomic mass is 9.84. The quantitative estimate of drug-likeness (QED) is 0.682. The van der Waals surface area contributed by atoms with Gasteiger partial charge in [0.15, 0.2) is 0 Å². The first-order chi connectivity index (χ1) is 11.9. The summed E-state index contributed by atoms with van der Waals surface area (Å²) >= 11 is 0. The van der Waals surface area contributed by atoms with Crippen LogP contribution in [0.5, 0.6) is 5.75 Å². The number of carbonyl (C=O) groups is 2. The van der Waals surface area contributed by atoms with Crippen LogP contribution in [0, 0.1) is 0 Å². The highest BCUT2D eigenvalue weighted by molar-refractivity contribution is 5.69. The van der Waals surface area contributed by atoms with Crippen LogP contribution >= 0.6 is 0 Å². The summed E-state index contributed by atoms with van der Waals surface area (Å²) in [4.78, 5) is 23.4. The van der Waals surface area contributed by atoms with E-state index in [2.05, 4.69) is 0 Å².